The quantitative estimate of drug-likeness (QED) is 0.523. The van der Waals surface area contributed by atoms with E-state index in [-0.39, 0.29) is 6.10 Å². The number of rotatable bonds is 4. The zero-order valence-electron chi connectivity index (χ0n) is 16.5. The van der Waals surface area contributed by atoms with Gasteiger partial charge >= 0.3 is 0 Å². The van der Waals surface area contributed by atoms with Crippen molar-refractivity contribution in [2.24, 2.45) is 0 Å². The van der Waals surface area contributed by atoms with Gasteiger partial charge in [0, 0.05) is 19.5 Å². The lowest BCUT2D eigenvalue weighted by atomic mass is 10.0. The molecule has 1 atom stereocenters. The molecule has 0 unspecified atom stereocenters. The number of morpholine rings is 1. The van der Waals surface area contributed by atoms with Gasteiger partial charge in [-0.3, -0.25) is 0 Å². The molecule has 7 heteroatoms. The highest BCUT2D eigenvalue weighted by Crippen LogP contribution is 2.31. The minimum Gasteiger partial charge on any atom is -0.497 e. The van der Waals surface area contributed by atoms with Crippen molar-refractivity contribution in [3.8, 4) is 5.75 Å². The van der Waals surface area contributed by atoms with Gasteiger partial charge in [-0.2, -0.15) is 4.98 Å². The van der Waals surface area contributed by atoms with Crippen LogP contribution in [0.1, 0.15) is 24.5 Å². The second-order valence-corrected chi connectivity index (χ2v) is 7.09. The van der Waals surface area contributed by atoms with E-state index in [4.69, 9.17) is 13.9 Å². The molecule has 0 aliphatic carbocycles. The highest BCUT2D eigenvalue weighted by molar-refractivity contribution is 5.85. The van der Waals surface area contributed by atoms with E-state index in [9.17, 15) is 0 Å². The van der Waals surface area contributed by atoms with Crippen molar-refractivity contribution in [3.05, 3.63) is 54.2 Å². The summed E-state index contributed by atoms with van der Waals surface area (Å²) in [4.78, 5) is 15.5. The molecule has 4 aromatic rings. The molecule has 0 N–H and O–H groups in total. The van der Waals surface area contributed by atoms with Crippen LogP contribution in [0.5, 0.6) is 5.75 Å². The van der Waals surface area contributed by atoms with Crippen molar-refractivity contribution in [2.75, 3.05) is 31.7 Å². The van der Waals surface area contributed by atoms with Crippen molar-refractivity contribution >= 4 is 27.8 Å². The highest BCUT2D eigenvalue weighted by Gasteiger charge is 2.26. The third kappa shape index (κ3) is 3.27. The summed E-state index contributed by atoms with van der Waals surface area (Å²) in [6.07, 6.45) is 2.22. The molecule has 2 aromatic carbocycles. The fourth-order valence-electron chi connectivity index (χ4n) is 3.78. The summed E-state index contributed by atoms with van der Waals surface area (Å²) in [6, 6.07) is 12.5. The van der Waals surface area contributed by atoms with Gasteiger partial charge in [-0.25, -0.2) is 9.97 Å². The van der Waals surface area contributed by atoms with Crippen LogP contribution in [0.4, 0.5) is 5.82 Å². The third-order valence-corrected chi connectivity index (χ3v) is 5.33. The fraction of sp³-hybridized carbons (Fsp3) is 0.318. The molecule has 3 heterocycles. The molecule has 0 saturated carbocycles. The molecule has 0 spiro atoms. The number of hydrogen-bond donors (Lipinski definition) is 0. The summed E-state index contributed by atoms with van der Waals surface area (Å²) in [5.74, 6) is 2.34. The van der Waals surface area contributed by atoms with Gasteiger partial charge in [-0.1, -0.05) is 25.1 Å². The van der Waals surface area contributed by atoms with Crippen LogP contribution < -0.4 is 9.64 Å². The maximum atomic E-state index is 6.09. The van der Waals surface area contributed by atoms with Crippen molar-refractivity contribution in [1.82, 2.24) is 15.0 Å². The van der Waals surface area contributed by atoms with Gasteiger partial charge < -0.3 is 18.8 Å². The fourth-order valence-corrected chi connectivity index (χ4v) is 3.78. The third-order valence-electron chi connectivity index (χ3n) is 5.33. The molecule has 1 aliphatic rings. The Labute approximate surface area is 168 Å². The molecule has 1 fully saturated rings. The van der Waals surface area contributed by atoms with E-state index >= 15 is 0 Å². The zero-order chi connectivity index (χ0) is 19.8. The molecule has 0 radical (unpaired) electrons. The Morgan fingerprint density at radius 1 is 1.14 bits per heavy atom. The molecule has 29 heavy (non-hydrogen) atoms. The average Bonchev–Trinajstić information content (AvgIpc) is 3.22. The smallest absolute Gasteiger partial charge is 0.252 e. The largest absolute Gasteiger partial charge is 0.497 e. The topological polar surface area (TPSA) is 73.5 Å². The standard InChI is InChI=1S/C22H22N4O3/c1-3-19-25-20-21(23-13-24-22(20)29-19)26-8-9-28-18(12-26)16-5-4-15-11-17(27-2)7-6-14(15)10-16/h4-7,10-11,13,18H,3,8-9,12H2,1-2H3/t18-/m0/s1. The Morgan fingerprint density at radius 3 is 2.86 bits per heavy atom. The average molecular weight is 390 g/mol. The Balaban J connectivity index is 1.45. The molecule has 0 bridgehead atoms. The monoisotopic (exact) mass is 390 g/mol. The molecule has 7 nitrogen and oxygen atoms in total. The number of benzene rings is 2. The van der Waals surface area contributed by atoms with Crippen molar-refractivity contribution < 1.29 is 13.9 Å². The minimum absolute atomic E-state index is 0.0437. The van der Waals surface area contributed by atoms with E-state index in [1.165, 1.54) is 6.33 Å². The first-order chi connectivity index (χ1) is 14.2. The van der Waals surface area contributed by atoms with Gasteiger partial charge in [0.1, 0.15) is 18.2 Å². The molecule has 2 aromatic heterocycles. The van der Waals surface area contributed by atoms with Crippen LogP contribution in [-0.2, 0) is 11.2 Å². The van der Waals surface area contributed by atoms with Crippen molar-refractivity contribution in [3.63, 3.8) is 0 Å². The maximum absolute atomic E-state index is 6.09. The van der Waals surface area contributed by atoms with E-state index < -0.39 is 0 Å². The zero-order valence-corrected chi connectivity index (χ0v) is 16.5. The van der Waals surface area contributed by atoms with E-state index in [1.807, 2.05) is 19.1 Å². The molecule has 1 aliphatic heterocycles. The van der Waals surface area contributed by atoms with E-state index in [0.29, 0.717) is 24.8 Å². The second kappa shape index (κ2) is 7.33. The molecule has 1 saturated heterocycles. The van der Waals surface area contributed by atoms with E-state index in [0.717, 1.165) is 46.4 Å². The lowest BCUT2D eigenvalue weighted by molar-refractivity contribution is 0.0397. The lowest BCUT2D eigenvalue weighted by Crippen LogP contribution is -2.39. The van der Waals surface area contributed by atoms with Crippen LogP contribution >= 0.6 is 0 Å². The van der Waals surface area contributed by atoms with Gasteiger partial charge in [0.25, 0.3) is 5.71 Å². The minimum atomic E-state index is -0.0437. The number of ether oxygens (including phenoxy) is 2. The summed E-state index contributed by atoms with van der Waals surface area (Å²) < 4.78 is 17.1. The van der Waals surface area contributed by atoms with Gasteiger partial charge in [0.15, 0.2) is 17.2 Å². The SMILES string of the molecule is CCc1nc2c(N3CCO[C@H](c4ccc5cc(OC)ccc5c4)C3)ncnc2o1. The van der Waals surface area contributed by atoms with Gasteiger partial charge in [-0.05, 0) is 34.5 Å². The number of oxazole rings is 1. The molecule has 5 rings (SSSR count). The second-order valence-electron chi connectivity index (χ2n) is 7.09. The Morgan fingerprint density at radius 2 is 2.00 bits per heavy atom. The normalized spacial score (nSPS) is 17.2. The number of hydrogen-bond acceptors (Lipinski definition) is 7. The number of aromatic nitrogens is 3. The van der Waals surface area contributed by atoms with Crippen LogP contribution in [-0.4, -0.2) is 41.8 Å². The number of methoxy groups -OCH3 is 1. The van der Waals surface area contributed by atoms with Gasteiger partial charge in [0.2, 0.25) is 0 Å². The predicted molar refractivity (Wildman–Crippen MR) is 110 cm³/mol. The number of nitrogens with zero attached hydrogens (tertiary/aromatic N) is 4. The molecule has 0 amide bonds. The summed E-state index contributed by atoms with van der Waals surface area (Å²) >= 11 is 0. The van der Waals surface area contributed by atoms with Crippen molar-refractivity contribution in [1.29, 1.82) is 0 Å². The highest BCUT2D eigenvalue weighted by atomic mass is 16.5. The predicted octanol–water partition coefficient (Wildman–Crippen LogP) is 3.92. The van der Waals surface area contributed by atoms with Gasteiger partial charge in [-0.15, -0.1) is 0 Å². The number of anilines is 1. The van der Waals surface area contributed by atoms with Crippen LogP contribution in [0.15, 0.2) is 47.1 Å². The first-order valence-electron chi connectivity index (χ1n) is 9.80. The van der Waals surface area contributed by atoms with Gasteiger partial charge in [0.05, 0.1) is 13.7 Å². The lowest BCUT2D eigenvalue weighted by Gasteiger charge is -2.34. The molecular weight excluding hydrogens is 368 g/mol. The Hall–Kier alpha value is -3.19. The van der Waals surface area contributed by atoms with Crippen LogP contribution in [0.3, 0.4) is 0 Å². The summed E-state index contributed by atoms with van der Waals surface area (Å²) in [7, 11) is 1.68. The summed E-state index contributed by atoms with van der Waals surface area (Å²) in [5, 5.41) is 2.31. The van der Waals surface area contributed by atoms with Crippen LogP contribution in [0, 0.1) is 0 Å². The number of fused-ring (bicyclic) bond motifs is 2. The summed E-state index contributed by atoms with van der Waals surface area (Å²) in [6.45, 7) is 4.08. The van der Waals surface area contributed by atoms with Crippen LogP contribution in [0.2, 0.25) is 0 Å². The Bertz CT molecular complexity index is 1170. The number of aryl methyl sites for hydroxylation is 1. The van der Waals surface area contributed by atoms with Crippen molar-refractivity contribution in [2.45, 2.75) is 19.4 Å². The van der Waals surface area contributed by atoms with Crippen LogP contribution in [0.25, 0.3) is 22.0 Å². The Kier molecular flexibility index (Phi) is 4.52. The first kappa shape index (κ1) is 17.9. The maximum Gasteiger partial charge on any atom is 0.252 e. The van der Waals surface area contributed by atoms with E-state index in [2.05, 4.69) is 44.1 Å². The molecular formula is C22H22N4O3. The first-order valence-corrected chi connectivity index (χ1v) is 9.80. The molecule has 148 valence electrons. The van der Waals surface area contributed by atoms with E-state index in [1.54, 1.807) is 7.11 Å². The summed E-state index contributed by atoms with van der Waals surface area (Å²) in [5.41, 5.74) is 2.40.